The zero-order valence-electron chi connectivity index (χ0n) is 20.4. The summed E-state index contributed by atoms with van der Waals surface area (Å²) in [6, 6.07) is 18.6. The van der Waals surface area contributed by atoms with Crippen LogP contribution in [0.4, 0.5) is 30.4 Å². The van der Waals surface area contributed by atoms with Gasteiger partial charge in [0.1, 0.15) is 12.4 Å². The van der Waals surface area contributed by atoms with Crippen molar-refractivity contribution >= 4 is 34.0 Å². The van der Waals surface area contributed by atoms with Crippen molar-refractivity contribution in [3.05, 3.63) is 66.2 Å². The SMILES string of the molecule is NC(=O)c1ccc(-c2cc(OC(CF)C(F)F)c3c(N)n[nH]c3c2)cc1N1CCN(c2ccccc2)CC1. The van der Waals surface area contributed by atoms with Gasteiger partial charge in [0.25, 0.3) is 12.3 Å². The lowest BCUT2D eigenvalue weighted by Crippen LogP contribution is -2.47. The number of aromatic amines is 1. The smallest absolute Gasteiger partial charge is 0.277 e. The molecule has 1 aromatic heterocycles. The number of carbonyl (C=O) groups excluding carboxylic acids is 1. The van der Waals surface area contributed by atoms with Crippen LogP contribution in [-0.4, -0.2) is 61.5 Å². The molecule has 1 fully saturated rings. The molecule has 5 rings (SSSR count). The molecule has 4 aromatic rings. The van der Waals surface area contributed by atoms with Crippen LogP contribution in [0.1, 0.15) is 10.4 Å². The minimum atomic E-state index is -3.03. The number of nitrogens with two attached hydrogens (primary N) is 2. The van der Waals surface area contributed by atoms with Gasteiger partial charge >= 0.3 is 0 Å². The molecule has 0 bridgehead atoms. The van der Waals surface area contributed by atoms with Gasteiger partial charge in [-0.3, -0.25) is 9.89 Å². The molecule has 11 heteroatoms. The normalized spacial score (nSPS) is 14.7. The van der Waals surface area contributed by atoms with Crippen LogP contribution in [0.25, 0.3) is 22.0 Å². The van der Waals surface area contributed by atoms with Crippen LogP contribution in [0.2, 0.25) is 0 Å². The summed E-state index contributed by atoms with van der Waals surface area (Å²) in [6.07, 6.45) is -4.97. The molecule has 0 spiro atoms. The van der Waals surface area contributed by atoms with Crippen LogP contribution in [-0.2, 0) is 0 Å². The molecule has 198 valence electrons. The van der Waals surface area contributed by atoms with Gasteiger partial charge in [-0.05, 0) is 47.5 Å². The monoisotopic (exact) mass is 524 g/mol. The van der Waals surface area contributed by atoms with Crippen molar-refractivity contribution in [3.8, 4) is 16.9 Å². The highest BCUT2D eigenvalue weighted by Gasteiger charge is 2.26. The third-order valence-corrected chi connectivity index (χ3v) is 6.70. The number of nitrogen functional groups attached to an aromatic ring is 1. The summed E-state index contributed by atoms with van der Waals surface area (Å²) in [6.45, 7) is 1.46. The van der Waals surface area contributed by atoms with E-state index in [4.69, 9.17) is 16.2 Å². The van der Waals surface area contributed by atoms with Crippen LogP contribution >= 0.6 is 0 Å². The van der Waals surface area contributed by atoms with Crippen LogP contribution in [0.15, 0.2) is 60.7 Å². The fourth-order valence-electron chi connectivity index (χ4n) is 4.74. The summed E-state index contributed by atoms with van der Waals surface area (Å²) >= 11 is 0. The number of anilines is 3. The molecule has 2 heterocycles. The summed E-state index contributed by atoms with van der Waals surface area (Å²) in [4.78, 5) is 16.7. The Bertz CT molecular complexity index is 1440. The number of primary amides is 1. The van der Waals surface area contributed by atoms with Gasteiger partial charge in [0.05, 0.1) is 22.2 Å². The molecule has 1 amide bonds. The summed E-state index contributed by atoms with van der Waals surface area (Å²) in [7, 11) is 0. The molecule has 3 aromatic carbocycles. The zero-order valence-corrected chi connectivity index (χ0v) is 20.4. The highest BCUT2D eigenvalue weighted by molar-refractivity contribution is 6.01. The maximum atomic E-state index is 13.3. The minimum absolute atomic E-state index is 0.0105. The molecule has 1 saturated heterocycles. The van der Waals surface area contributed by atoms with E-state index in [-0.39, 0.29) is 11.6 Å². The van der Waals surface area contributed by atoms with Crippen molar-refractivity contribution in [2.24, 2.45) is 5.73 Å². The lowest BCUT2D eigenvalue weighted by molar-refractivity contribution is -0.000333. The van der Waals surface area contributed by atoms with E-state index < -0.39 is 25.1 Å². The predicted octanol–water partition coefficient (Wildman–Crippen LogP) is 4.22. The highest BCUT2D eigenvalue weighted by atomic mass is 19.3. The Kier molecular flexibility index (Phi) is 6.99. The van der Waals surface area contributed by atoms with Crippen molar-refractivity contribution in [2.45, 2.75) is 12.5 Å². The first-order valence-corrected chi connectivity index (χ1v) is 12.1. The number of fused-ring (bicyclic) bond motifs is 1. The maximum absolute atomic E-state index is 13.3. The molecule has 1 atom stereocenters. The van der Waals surface area contributed by atoms with Crippen LogP contribution < -0.4 is 26.0 Å². The number of aromatic nitrogens is 2. The molecular formula is C27H27F3N6O2. The number of hydrogen-bond donors (Lipinski definition) is 3. The molecule has 1 unspecified atom stereocenters. The number of carbonyl (C=O) groups is 1. The van der Waals surface area contributed by atoms with E-state index >= 15 is 0 Å². The van der Waals surface area contributed by atoms with E-state index in [0.717, 1.165) is 18.8 Å². The third kappa shape index (κ3) is 4.91. The number of H-pyrrole nitrogens is 1. The molecule has 38 heavy (non-hydrogen) atoms. The van der Waals surface area contributed by atoms with Gasteiger partial charge in [0, 0.05) is 31.9 Å². The number of hydrogen-bond acceptors (Lipinski definition) is 6. The molecule has 8 nitrogen and oxygen atoms in total. The maximum Gasteiger partial charge on any atom is 0.277 e. The number of para-hydroxylation sites is 1. The Morgan fingerprint density at radius 2 is 1.71 bits per heavy atom. The Morgan fingerprint density at radius 1 is 1.00 bits per heavy atom. The second kappa shape index (κ2) is 10.5. The van der Waals surface area contributed by atoms with Crippen LogP contribution in [0, 0.1) is 0 Å². The average Bonchev–Trinajstić information content (AvgIpc) is 3.32. The molecule has 0 saturated carbocycles. The van der Waals surface area contributed by atoms with E-state index in [1.54, 1.807) is 18.2 Å². The predicted molar refractivity (Wildman–Crippen MR) is 142 cm³/mol. The first kappa shape index (κ1) is 25.2. The summed E-state index contributed by atoms with van der Waals surface area (Å²) < 4.78 is 45.1. The number of piperazine rings is 1. The molecule has 1 aliphatic rings. The van der Waals surface area contributed by atoms with Gasteiger partial charge < -0.3 is 26.0 Å². The van der Waals surface area contributed by atoms with Gasteiger partial charge in [-0.15, -0.1) is 0 Å². The van der Waals surface area contributed by atoms with E-state index in [9.17, 15) is 18.0 Å². The quantitative estimate of drug-likeness (QED) is 0.318. The van der Waals surface area contributed by atoms with E-state index in [2.05, 4.69) is 32.1 Å². The fraction of sp³-hybridized carbons (Fsp3) is 0.259. The van der Waals surface area contributed by atoms with Crippen molar-refractivity contribution in [2.75, 3.05) is 48.4 Å². The lowest BCUT2D eigenvalue weighted by Gasteiger charge is -2.38. The number of amides is 1. The molecule has 0 radical (unpaired) electrons. The molecule has 5 N–H and O–H groups in total. The van der Waals surface area contributed by atoms with E-state index in [0.29, 0.717) is 46.4 Å². The third-order valence-electron chi connectivity index (χ3n) is 6.70. The van der Waals surface area contributed by atoms with Crippen molar-refractivity contribution < 1.29 is 22.7 Å². The second-order valence-corrected chi connectivity index (χ2v) is 9.06. The van der Waals surface area contributed by atoms with Gasteiger partial charge in [0.2, 0.25) is 0 Å². The van der Waals surface area contributed by atoms with Gasteiger partial charge in [-0.25, -0.2) is 13.2 Å². The van der Waals surface area contributed by atoms with Crippen LogP contribution in [0.5, 0.6) is 5.75 Å². The van der Waals surface area contributed by atoms with E-state index in [1.807, 2.05) is 24.3 Å². The zero-order chi connectivity index (χ0) is 26.8. The number of halogens is 3. The minimum Gasteiger partial charge on any atom is -0.481 e. The first-order valence-electron chi connectivity index (χ1n) is 12.1. The number of rotatable bonds is 8. The number of benzene rings is 3. The first-order chi connectivity index (χ1) is 18.4. The second-order valence-electron chi connectivity index (χ2n) is 9.06. The number of nitrogens with one attached hydrogen (secondary N) is 1. The molecule has 0 aliphatic carbocycles. The average molecular weight is 525 g/mol. The van der Waals surface area contributed by atoms with E-state index in [1.165, 1.54) is 6.07 Å². The van der Waals surface area contributed by atoms with Crippen molar-refractivity contribution in [1.29, 1.82) is 0 Å². The highest BCUT2D eigenvalue weighted by Crippen LogP contribution is 2.37. The molecular weight excluding hydrogens is 497 g/mol. The Labute approximate surface area is 217 Å². The Balaban J connectivity index is 1.50. The van der Waals surface area contributed by atoms with Gasteiger partial charge in [-0.2, -0.15) is 5.10 Å². The van der Waals surface area contributed by atoms with Crippen molar-refractivity contribution in [3.63, 3.8) is 0 Å². The van der Waals surface area contributed by atoms with Crippen LogP contribution in [0.3, 0.4) is 0 Å². The fourth-order valence-corrected chi connectivity index (χ4v) is 4.74. The van der Waals surface area contributed by atoms with Gasteiger partial charge in [0.15, 0.2) is 11.9 Å². The lowest BCUT2D eigenvalue weighted by atomic mass is 9.99. The number of alkyl halides is 3. The Morgan fingerprint density at radius 3 is 2.37 bits per heavy atom. The summed E-state index contributed by atoms with van der Waals surface area (Å²) in [5.74, 6) is -0.515. The van der Waals surface area contributed by atoms with Crippen molar-refractivity contribution in [1.82, 2.24) is 10.2 Å². The Hall–Kier alpha value is -4.41. The topological polar surface area (TPSA) is 114 Å². The largest absolute Gasteiger partial charge is 0.481 e. The summed E-state index contributed by atoms with van der Waals surface area (Å²) in [5.41, 5.74) is 15.5. The molecule has 1 aliphatic heterocycles. The number of ether oxygens (including phenoxy) is 1. The standard InChI is InChI=1S/C27H27F3N6O2/c28-15-23(25(29)30)38-22-14-17(12-20-24(22)26(31)34-33-20)16-6-7-19(27(32)37)21(13-16)36-10-8-35(9-11-36)18-4-2-1-3-5-18/h1-7,12-14,23,25H,8-11,15H2,(H2,32,37)(H3,31,33,34). The summed E-state index contributed by atoms with van der Waals surface area (Å²) in [5, 5.41) is 7.00. The van der Waals surface area contributed by atoms with Gasteiger partial charge in [-0.1, -0.05) is 24.3 Å². The number of nitrogens with zero attached hydrogens (tertiary/aromatic N) is 3.